The highest BCUT2D eigenvalue weighted by atomic mass is 16.1. The highest BCUT2D eigenvalue weighted by Gasteiger charge is 2.22. The number of piperazine rings is 1. The van der Waals surface area contributed by atoms with Crippen LogP contribution >= 0.6 is 0 Å². The van der Waals surface area contributed by atoms with E-state index < -0.39 is 0 Å². The third-order valence-corrected chi connectivity index (χ3v) is 5.80. The number of anilines is 1. The molecule has 1 atom stereocenters. The van der Waals surface area contributed by atoms with Crippen LogP contribution in [-0.2, 0) is 11.2 Å². The summed E-state index contributed by atoms with van der Waals surface area (Å²) in [6, 6.07) is 7.07. The van der Waals surface area contributed by atoms with Crippen molar-refractivity contribution in [2.24, 2.45) is 0 Å². The van der Waals surface area contributed by atoms with Gasteiger partial charge in [0.25, 0.3) is 0 Å². The van der Waals surface area contributed by atoms with Gasteiger partial charge in [0.05, 0.1) is 5.69 Å². The van der Waals surface area contributed by atoms with E-state index in [2.05, 4.69) is 45.3 Å². The smallest absolute Gasteiger partial charge is 0.234 e. The molecule has 1 saturated heterocycles. The van der Waals surface area contributed by atoms with Gasteiger partial charge in [-0.3, -0.25) is 9.20 Å². The first kappa shape index (κ1) is 18.1. The second-order valence-electron chi connectivity index (χ2n) is 8.13. The SMILES string of the molecule is Cc1cnc2nc(C3=Cc4ccc(N5CCN[C@@H](C)C5)cc4CCC3=O)cn2c1. The number of aromatic nitrogens is 3. The number of ketones is 1. The summed E-state index contributed by atoms with van der Waals surface area (Å²) in [5.74, 6) is 0.755. The zero-order valence-electron chi connectivity index (χ0n) is 16.9. The van der Waals surface area contributed by atoms with E-state index >= 15 is 0 Å². The number of carbonyl (C=O) groups excluding carboxylic acids is 1. The Labute approximate surface area is 170 Å². The summed E-state index contributed by atoms with van der Waals surface area (Å²) in [4.78, 5) is 24.3. The number of hydrogen-bond donors (Lipinski definition) is 1. The lowest BCUT2D eigenvalue weighted by Gasteiger charge is -2.34. The Bertz CT molecular complexity index is 1130. The van der Waals surface area contributed by atoms with Crippen molar-refractivity contribution >= 4 is 28.9 Å². The van der Waals surface area contributed by atoms with E-state index in [4.69, 9.17) is 0 Å². The Morgan fingerprint density at radius 2 is 2.10 bits per heavy atom. The van der Waals surface area contributed by atoms with Crippen molar-refractivity contribution in [1.29, 1.82) is 0 Å². The topological polar surface area (TPSA) is 62.5 Å². The predicted molar refractivity (Wildman–Crippen MR) is 115 cm³/mol. The highest BCUT2D eigenvalue weighted by Crippen LogP contribution is 2.30. The Morgan fingerprint density at radius 3 is 2.97 bits per heavy atom. The van der Waals surface area contributed by atoms with Crippen LogP contribution in [0.4, 0.5) is 5.69 Å². The van der Waals surface area contributed by atoms with Crippen molar-refractivity contribution in [1.82, 2.24) is 19.7 Å². The number of rotatable bonds is 2. The van der Waals surface area contributed by atoms with Gasteiger partial charge >= 0.3 is 0 Å². The normalized spacial score (nSPS) is 19.8. The minimum absolute atomic E-state index is 0.138. The van der Waals surface area contributed by atoms with Crippen molar-refractivity contribution in [3.63, 3.8) is 0 Å². The second kappa shape index (κ2) is 7.12. The molecule has 2 aliphatic rings. The van der Waals surface area contributed by atoms with Crippen molar-refractivity contribution < 1.29 is 4.79 Å². The molecule has 0 radical (unpaired) electrons. The summed E-state index contributed by atoms with van der Waals surface area (Å²) in [5, 5.41) is 3.49. The van der Waals surface area contributed by atoms with Gasteiger partial charge in [0.15, 0.2) is 5.78 Å². The predicted octanol–water partition coefficient (Wildman–Crippen LogP) is 2.89. The maximum Gasteiger partial charge on any atom is 0.234 e. The maximum atomic E-state index is 12.9. The van der Waals surface area contributed by atoms with Crippen molar-refractivity contribution in [3.8, 4) is 0 Å². The number of nitrogens with one attached hydrogen (secondary N) is 1. The monoisotopic (exact) mass is 387 g/mol. The van der Waals surface area contributed by atoms with Gasteiger partial charge in [-0.25, -0.2) is 9.97 Å². The van der Waals surface area contributed by atoms with Crippen LogP contribution in [-0.4, -0.2) is 45.8 Å². The maximum absolute atomic E-state index is 12.9. The molecule has 1 aliphatic carbocycles. The molecule has 148 valence electrons. The number of Topliss-reactive ketones (excluding diaryl/α,β-unsaturated/α-hetero) is 1. The fraction of sp³-hybridized carbons (Fsp3) is 0.348. The number of imidazole rings is 1. The zero-order chi connectivity index (χ0) is 20.0. The molecule has 0 spiro atoms. The lowest BCUT2D eigenvalue weighted by Crippen LogP contribution is -2.49. The van der Waals surface area contributed by atoms with E-state index in [-0.39, 0.29) is 5.78 Å². The Balaban J connectivity index is 1.51. The summed E-state index contributed by atoms with van der Waals surface area (Å²) < 4.78 is 1.89. The molecule has 3 aromatic rings. The van der Waals surface area contributed by atoms with Gasteiger partial charge < -0.3 is 10.2 Å². The first-order valence-corrected chi connectivity index (χ1v) is 10.2. The standard InChI is InChI=1S/C23H25N5O/c1-15-11-25-23-26-21(14-28(23)12-15)20-10-18-3-5-19(9-17(18)4-6-22(20)29)27-8-7-24-16(2)13-27/h3,5,9-12,14,16,24H,4,6-8,13H2,1-2H3/t16-/m0/s1. The van der Waals surface area contributed by atoms with Crippen LogP contribution < -0.4 is 10.2 Å². The third kappa shape index (κ3) is 3.44. The van der Waals surface area contributed by atoms with Crippen LogP contribution in [0.25, 0.3) is 17.4 Å². The molecule has 0 amide bonds. The van der Waals surface area contributed by atoms with E-state index in [1.54, 1.807) is 6.20 Å². The molecule has 0 bridgehead atoms. The number of aryl methyl sites for hydroxylation is 2. The van der Waals surface area contributed by atoms with E-state index in [1.165, 1.54) is 11.3 Å². The van der Waals surface area contributed by atoms with Gasteiger partial charge in [-0.1, -0.05) is 6.07 Å². The molecule has 0 unspecified atom stereocenters. The van der Waals surface area contributed by atoms with Gasteiger partial charge in [-0.05, 0) is 55.2 Å². The Hall–Kier alpha value is -2.99. The Morgan fingerprint density at radius 1 is 1.21 bits per heavy atom. The van der Waals surface area contributed by atoms with Crippen molar-refractivity contribution in [3.05, 3.63) is 59.2 Å². The first-order valence-electron chi connectivity index (χ1n) is 10.2. The number of carbonyl (C=O) groups is 1. The van der Waals surface area contributed by atoms with E-state index in [9.17, 15) is 4.79 Å². The summed E-state index contributed by atoms with van der Waals surface area (Å²) >= 11 is 0. The number of benzene rings is 1. The summed E-state index contributed by atoms with van der Waals surface area (Å²) in [7, 11) is 0. The van der Waals surface area contributed by atoms with Gasteiger partial charge in [0.1, 0.15) is 0 Å². The van der Waals surface area contributed by atoms with Crippen LogP contribution in [0.5, 0.6) is 0 Å². The minimum atomic E-state index is 0.138. The number of allylic oxidation sites excluding steroid dienone is 1. The summed E-state index contributed by atoms with van der Waals surface area (Å²) in [6.07, 6.45) is 8.94. The van der Waals surface area contributed by atoms with Gasteiger partial charge in [0, 0.05) is 61.9 Å². The van der Waals surface area contributed by atoms with Crippen LogP contribution in [0.15, 0.2) is 36.8 Å². The molecule has 2 aromatic heterocycles. The van der Waals surface area contributed by atoms with E-state index in [0.29, 0.717) is 29.5 Å². The molecule has 29 heavy (non-hydrogen) atoms. The quantitative estimate of drug-likeness (QED) is 0.733. The Kier molecular flexibility index (Phi) is 4.43. The molecule has 1 N–H and O–H groups in total. The minimum Gasteiger partial charge on any atom is -0.369 e. The van der Waals surface area contributed by atoms with E-state index in [1.807, 2.05) is 29.8 Å². The van der Waals surface area contributed by atoms with Gasteiger partial charge in [0.2, 0.25) is 5.78 Å². The van der Waals surface area contributed by atoms with Crippen LogP contribution in [0.2, 0.25) is 0 Å². The van der Waals surface area contributed by atoms with Crippen LogP contribution in [0.1, 0.15) is 35.7 Å². The van der Waals surface area contributed by atoms with Gasteiger partial charge in [-0.15, -0.1) is 0 Å². The average Bonchev–Trinajstić information content (AvgIpc) is 3.05. The molecular formula is C23H25N5O. The molecule has 1 aliphatic heterocycles. The van der Waals surface area contributed by atoms with Crippen molar-refractivity contribution in [2.75, 3.05) is 24.5 Å². The summed E-state index contributed by atoms with van der Waals surface area (Å²) in [6.45, 7) is 7.23. The number of nitrogens with zero attached hydrogens (tertiary/aromatic N) is 4. The molecule has 5 rings (SSSR count). The zero-order valence-corrected chi connectivity index (χ0v) is 16.9. The molecule has 0 saturated carbocycles. The molecule has 1 fully saturated rings. The van der Waals surface area contributed by atoms with Crippen LogP contribution in [0, 0.1) is 6.92 Å². The molecular weight excluding hydrogens is 362 g/mol. The lowest BCUT2D eigenvalue weighted by atomic mass is 10.0. The fourth-order valence-corrected chi connectivity index (χ4v) is 4.27. The number of fused-ring (bicyclic) bond motifs is 2. The first-order chi connectivity index (χ1) is 14.1. The third-order valence-electron chi connectivity index (χ3n) is 5.80. The molecule has 6 nitrogen and oxygen atoms in total. The molecule has 6 heteroatoms. The van der Waals surface area contributed by atoms with E-state index in [0.717, 1.165) is 37.2 Å². The highest BCUT2D eigenvalue weighted by molar-refractivity contribution is 6.25. The lowest BCUT2D eigenvalue weighted by molar-refractivity contribution is -0.113. The van der Waals surface area contributed by atoms with Crippen LogP contribution in [0.3, 0.4) is 0 Å². The summed E-state index contributed by atoms with van der Waals surface area (Å²) in [5.41, 5.74) is 6.02. The molecule has 3 heterocycles. The largest absolute Gasteiger partial charge is 0.369 e. The average molecular weight is 387 g/mol. The van der Waals surface area contributed by atoms with Crippen molar-refractivity contribution in [2.45, 2.75) is 32.7 Å². The second-order valence-corrected chi connectivity index (χ2v) is 8.13. The molecule has 1 aromatic carbocycles. The number of hydrogen-bond acceptors (Lipinski definition) is 5. The fourth-order valence-electron chi connectivity index (χ4n) is 4.27. The van der Waals surface area contributed by atoms with Gasteiger partial charge in [-0.2, -0.15) is 0 Å².